The number of aromatic nitrogens is 2. The van der Waals surface area contributed by atoms with Crippen molar-refractivity contribution in [2.45, 2.75) is 16.7 Å². The van der Waals surface area contributed by atoms with Gasteiger partial charge in [0, 0.05) is 23.6 Å². The molecule has 10 nitrogen and oxygen atoms in total. The summed E-state index contributed by atoms with van der Waals surface area (Å²) in [5.41, 5.74) is 0.765. The monoisotopic (exact) mass is 464 g/mol. The van der Waals surface area contributed by atoms with E-state index in [4.69, 9.17) is 9.47 Å². The molecule has 3 aromatic rings. The van der Waals surface area contributed by atoms with Crippen LogP contribution in [-0.2, 0) is 20.0 Å². The van der Waals surface area contributed by atoms with Gasteiger partial charge in [0.25, 0.3) is 20.0 Å². The summed E-state index contributed by atoms with van der Waals surface area (Å²) in [6, 6.07) is 11.2. The zero-order valence-electron chi connectivity index (χ0n) is 16.9. The van der Waals surface area contributed by atoms with Crippen molar-refractivity contribution in [3.05, 3.63) is 60.4 Å². The van der Waals surface area contributed by atoms with Crippen LogP contribution in [0.15, 0.2) is 64.5 Å². The average Bonchev–Trinajstić information content (AvgIpc) is 2.73. The smallest absolute Gasteiger partial charge is 0.265 e. The molecule has 2 aromatic carbocycles. The fourth-order valence-corrected chi connectivity index (χ4v) is 4.78. The molecule has 2 N–H and O–H groups in total. The Hall–Kier alpha value is -3.38. The molecular weight excluding hydrogens is 444 g/mol. The van der Waals surface area contributed by atoms with Crippen LogP contribution in [0.3, 0.4) is 0 Å². The van der Waals surface area contributed by atoms with E-state index in [2.05, 4.69) is 19.4 Å². The van der Waals surface area contributed by atoms with E-state index in [-0.39, 0.29) is 27.2 Å². The zero-order chi connectivity index (χ0) is 22.6. The predicted octanol–water partition coefficient (Wildman–Crippen LogP) is 2.40. The molecule has 31 heavy (non-hydrogen) atoms. The number of aryl methyl sites for hydroxylation is 1. The van der Waals surface area contributed by atoms with Crippen LogP contribution < -0.4 is 18.9 Å². The summed E-state index contributed by atoms with van der Waals surface area (Å²) in [4.78, 5) is 7.66. The van der Waals surface area contributed by atoms with Gasteiger partial charge >= 0.3 is 0 Å². The van der Waals surface area contributed by atoms with Crippen LogP contribution >= 0.6 is 0 Å². The molecule has 0 fully saturated rings. The third kappa shape index (κ3) is 5.22. The van der Waals surface area contributed by atoms with Gasteiger partial charge in [0.05, 0.1) is 19.1 Å². The number of methoxy groups -OCH3 is 2. The molecule has 0 aliphatic carbocycles. The van der Waals surface area contributed by atoms with E-state index in [9.17, 15) is 16.8 Å². The second-order valence-electron chi connectivity index (χ2n) is 6.27. The van der Waals surface area contributed by atoms with Crippen molar-refractivity contribution in [3.63, 3.8) is 0 Å². The molecule has 0 atom stereocenters. The van der Waals surface area contributed by atoms with Crippen molar-refractivity contribution in [2.75, 3.05) is 23.7 Å². The number of benzene rings is 2. The maximum Gasteiger partial charge on any atom is 0.265 e. The van der Waals surface area contributed by atoms with Gasteiger partial charge in [-0.3, -0.25) is 4.72 Å². The molecule has 3 rings (SSSR count). The third-order valence-corrected chi connectivity index (χ3v) is 6.84. The number of sulfonamides is 2. The maximum atomic E-state index is 12.8. The molecule has 0 aliphatic rings. The van der Waals surface area contributed by atoms with E-state index in [0.717, 1.165) is 0 Å². The van der Waals surface area contributed by atoms with E-state index in [1.165, 1.54) is 56.8 Å². The summed E-state index contributed by atoms with van der Waals surface area (Å²) >= 11 is 0. The Balaban J connectivity index is 1.83. The zero-order valence-corrected chi connectivity index (χ0v) is 18.5. The highest BCUT2D eigenvalue weighted by molar-refractivity contribution is 7.93. The molecular formula is C19H20N4O6S2. The Morgan fingerprint density at radius 2 is 1.55 bits per heavy atom. The van der Waals surface area contributed by atoms with E-state index in [1.807, 2.05) is 0 Å². The fourth-order valence-electron chi connectivity index (χ4n) is 2.58. The number of hydrogen-bond donors (Lipinski definition) is 2. The molecule has 0 radical (unpaired) electrons. The Morgan fingerprint density at radius 1 is 0.839 bits per heavy atom. The average molecular weight is 465 g/mol. The Bertz CT molecular complexity index is 1290. The van der Waals surface area contributed by atoms with Gasteiger partial charge in [-0.15, -0.1) is 0 Å². The van der Waals surface area contributed by atoms with Gasteiger partial charge in [-0.1, -0.05) is 0 Å². The molecule has 0 amide bonds. The van der Waals surface area contributed by atoms with Crippen molar-refractivity contribution in [2.24, 2.45) is 0 Å². The molecule has 0 saturated heterocycles. The lowest BCUT2D eigenvalue weighted by molar-refractivity contribution is 0.392. The largest absolute Gasteiger partial charge is 0.497 e. The summed E-state index contributed by atoms with van der Waals surface area (Å²) < 4.78 is 65.5. The van der Waals surface area contributed by atoms with Crippen molar-refractivity contribution in [1.29, 1.82) is 0 Å². The lowest BCUT2D eigenvalue weighted by Gasteiger charge is -2.13. The first-order valence-corrected chi connectivity index (χ1v) is 11.8. The van der Waals surface area contributed by atoms with Crippen LogP contribution in [0.5, 0.6) is 11.5 Å². The number of nitrogens with one attached hydrogen (secondary N) is 2. The second kappa shape index (κ2) is 8.78. The molecule has 1 heterocycles. The molecule has 0 unspecified atom stereocenters. The van der Waals surface area contributed by atoms with Crippen molar-refractivity contribution in [3.8, 4) is 11.5 Å². The summed E-state index contributed by atoms with van der Waals surface area (Å²) in [7, 11) is -5.21. The van der Waals surface area contributed by atoms with E-state index >= 15 is 0 Å². The Kier molecular flexibility index (Phi) is 6.32. The van der Waals surface area contributed by atoms with Gasteiger partial charge in [0.1, 0.15) is 16.4 Å². The van der Waals surface area contributed by atoms with Crippen LogP contribution in [0.1, 0.15) is 5.69 Å². The Morgan fingerprint density at radius 3 is 2.16 bits per heavy atom. The van der Waals surface area contributed by atoms with Gasteiger partial charge in [0.15, 0.2) is 0 Å². The Labute approximate surface area is 180 Å². The minimum atomic E-state index is -4.03. The summed E-state index contributed by atoms with van der Waals surface area (Å²) in [5.74, 6) is 0.414. The lowest BCUT2D eigenvalue weighted by Crippen LogP contribution is -2.16. The van der Waals surface area contributed by atoms with Crippen LogP contribution in [0.2, 0.25) is 0 Å². The fraction of sp³-hybridized carbons (Fsp3) is 0.158. The SMILES string of the molecule is COc1ccc(OC)c(S(=O)(=O)Nc2ccc(S(=O)(=O)Nc3nccc(C)n3)cc2)c1. The first-order chi connectivity index (χ1) is 14.6. The first kappa shape index (κ1) is 22.3. The van der Waals surface area contributed by atoms with Crippen LogP contribution in [-0.4, -0.2) is 41.0 Å². The van der Waals surface area contributed by atoms with Crippen molar-refractivity contribution >= 4 is 31.7 Å². The van der Waals surface area contributed by atoms with E-state index in [0.29, 0.717) is 11.4 Å². The molecule has 0 saturated carbocycles. The van der Waals surface area contributed by atoms with Gasteiger partial charge in [0.2, 0.25) is 5.95 Å². The number of hydrogen-bond acceptors (Lipinski definition) is 8. The maximum absolute atomic E-state index is 12.8. The minimum Gasteiger partial charge on any atom is -0.497 e. The molecule has 0 spiro atoms. The molecule has 12 heteroatoms. The molecule has 1 aromatic heterocycles. The van der Waals surface area contributed by atoms with Crippen LogP contribution in [0.25, 0.3) is 0 Å². The minimum absolute atomic E-state index is 0.0603. The molecule has 0 bridgehead atoms. The van der Waals surface area contributed by atoms with Gasteiger partial charge < -0.3 is 9.47 Å². The quantitative estimate of drug-likeness (QED) is 0.519. The highest BCUT2D eigenvalue weighted by Gasteiger charge is 2.22. The summed E-state index contributed by atoms with van der Waals surface area (Å²) in [6.45, 7) is 1.71. The predicted molar refractivity (Wildman–Crippen MR) is 114 cm³/mol. The van der Waals surface area contributed by atoms with Crippen LogP contribution in [0, 0.1) is 6.92 Å². The van der Waals surface area contributed by atoms with Crippen molar-refractivity contribution in [1.82, 2.24) is 9.97 Å². The third-order valence-electron chi connectivity index (χ3n) is 4.10. The standard InChI is InChI=1S/C19H20N4O6S2/c1-13-10-11-20-19(21-13)23-30(24,25)16-7-4-14(5-8-16)22-31(26,27)18-12-15(28-2)6-9-17(18)29-3/h4-12,22H,1-3H3,(H,20,21,23). The number of rotatable bonds is 8. The first-order valence-electron chi connectivity index (χ1n) is 8.82. The molecule has 164 valence electrons. The number of ether oxygens (including phenoxy) is 2. The second-order valence-corrected chi connectivity index (χ2v) is 9.61. The summed E-state index contributed by atoms with van der Waals surface area (Å²) in [5, 5.41) is 0. The van der Waals surface area contributed by atoms with E-state index < -0.39 is 20.0 Å². The van der Waals surface area contributed by atoms with Gasteiger partial charge in [-0.25, -0.2) is 31.5 Å². The van der Waals surface area contributed by atoms with Crippen molar-refractivity contribution < 1.29 is 26.3 Å². The summed E-state index contributed by atoms with van der Waals surface area (Å²) in [6.07, 6.45) is 1.44. The topological polar surface area (TPSA) is 137 Å². The lowest BCUT2D eigenvalue weighted by atomic mass is 10.3. The van der Waals surface area contributed by atoms with Gasteiger partial charge in [-0.05, 0) is 49.4 Å². The molecule has 0 aliphatic heterocycles. The number of anilines is 2. The highest BCUT2D eigenvalue weighted by atomic mass is 32.2. The van der Waals surface area contributed by atoms with Gasteiger partial charge in [-0.2, -0.15) is 0 Å². The number of nitrogens with zero attached hydrogens (tertiary/aromatic N) is 2. The highest BCUT2D eigenvalue weighted by Crippen LogP contribution is 2.30. The normalized spacial score (nSPS) is 11.6. The van der Waals surface area contributed by atoms with E-state index in [1.54, 1.807) is 19.1 Å². The van der Waals surface area contributed by atoms with Crippen LogP contribution in [0.4, 0.5) is 11.6 Å².